The number of alkyl halides is 6. The molecule has 2 rings (SSSR count). The number of benzene rings is 1. The summed E-state index contributed by atoms with van der Waals surface area (Å²) >= 11 is 0. The first-order valence-corrected chi connectivity index (χ1v) is 6.64. The van der Waals surface area contributed by atoms with Crippen molar-refractivity contribution in [2.24, 2.45) is 11.7 Å². The lowest BCUT2D eigenvalue weighted by Crippen LogP contribution is -2.24. The molecule has 0 amide bonds. The molecule has 1 atom stereocenters. The monoisotopic (exact) mass is 347 g/mol. The van der Waals surface area contributed by atoms with E-state index in [2.05, 4.69) is 0 Å². The zero-order valence-corrected chi connectivity index (χ0v) is 12.3. The molecule has 22 heavy (non-hydrogen) atoms. The van der Waals surface area contributed by atoms with E-state index in [0.717, 1.165) is 12.8 Å². The van der Waals surface area contributed by atoms with Gasteiger partial charge in [0.1, 0.15) is 0 Å². The number of hydrogen-bond donors (Lipinski definition) is 1. The van der Waals surface area contributed by atoms with Crippen molar-refractivity contribution in [3.05, 3.63) is 34.9 Å². The smallest absolute Gasteiger partial charge is 0.324 e. The van der Waals surface area contributed by atoms with Crippen molar-refractivity contribution in [2.75, 3.05) is 0 Å². The average Bonchev–Trinajstić information content (AvgIpc) is 2.88. The van der Waals surface area contributed by atoms with Gasteiger partial charge in [-0.3, -0.25) is 0 Å². The Morgan fingerprint density at radius 3 is 1.95 bits per heavy atom. The topological polar surface area (TPSA) is 26.0 Å². The van der Waals surface area contributed by atoms with Gasteiger partial charge in [0.05, 0.1) is 11.1 Å². The quantitative estimate of drug-likeness (QED) is 0.718. The Hall–Kier alpha value is -0.950. The van der Waals surface area contributed by atoms with E-state index in [-0.39, 0.29) is 18.3 Å². The van der Waals surface area contributed by atoms with Crippen LogP contribution in [0.15, 0.2) is 18.2 Å². The average molecular weight is 348 g/mol. The molecule has 0 unspecified atom stereocenters. The van der Waals surface area contributed by atoms with Crippen LogP contribution in [0.3, 0.4) is 0 Å². The summed E-state index contributed by atoms with van der Waals surface area (Å²) < 4.78 is 77.1. The molecular formula is C14H16ClF6N. The minimum atomic E-state index is -4.71. The van der Waals surface area contributed by atoms with Crippen LogP contribution in [-0.4, -0.2) is 0 Å². The Balaban J connectivity index is 0.00000242. The van der Waals surface area contributed by atoms with E-state index in [1.807, 2.05) is 0 Å². The molecule has 1 aromatic carbocycles. The first-order chi connectivity index (χ1) is 9.60. The van der Waals surface area contributed by atoms with Gasteiger partial charge in [-0.1, -0.05) is 12.8 Å². The number of halogens is 7. The lowest BCUT2D eigenvalue weighted by atomic mass is 9.88. The van der Waals surface area contributed by atoms with Crippen LogP contribution in [-0.2, 0) is 12.4 Å². The summed E-state index contributed by atoms with van der Waals surface area (Å²) in [6, 6.07) is 0.457. The second-order valence-corrected chi connectivity index (χ2v) is 5.37. The maximum absolute atomic E-state index is 13.0. The number of hydrogen-bond acceptors (Lipinski definition) is 1. The van der Waals surface area contributed by atoms with E-state index in [9.17, 15) is 26.3 Å². The highest BCUT2D eigenvalue weighted by Crippen LogP contribution is 2.42. The molecule has 1 saturated carbocycles. The summed E-state index contributed by atoms with van der Waals surface area (Å²) in [4.78, 5) is 0. The zero-order valence-electron chi connectivity index (χ0n) is 11.5. The fourth-order valence-electron chi connectivity index (χ4n) is 2.84. The second-order valence-electron chi connectivity index (χ2n) is 5.37. The molecule has 1 fully saturated rings. The highest BCUT2D eigenvalue weighted by molar-refractivity contribution is 5.85. The van der Waals surface area contributed by atoms with Gasteiger partial charge >= 0.3 is 12.4 Å². The Morgan fingerprint density at radius 1 is 0.955 bits per heavy atom. The third-order valence-electron chi connectivity index (χ3n) is 3.95. The molecule has 0 saturated heterocycles. The molecule has 126 valence electrons. The molecule has 1 aromatic rings. The third kappa shape index (κ3) is 4.07. The van der Waals surface area contributed by atoms with Crippen LogP contribution < -0.4 is 5.73 Å². The maximum atomic E-state index is 13.0. The SMILES string of the molecule is Cl.N[C@@H](c1cc(C(F)(F)F)ccc1C(F)(F)F)C1CCCC1. The van der Waals surface area contributed by atoms with Crippen molar-refractivity contribution in [2.45, 2.75) is 44.1 Å². The molecule has 1 nitrogen and oxygen atoms in total. The van der Waals surface area contributed by atoms with E-state index < -0.39 is 35.1 Å². The van der Waals surface area contributed by atoms with Gasteiger partial charge in [-0.05, 0) is 42.5 Å². The van der Waals surface area contributed by atoms with Crippen LogP contribution in [0.5, 0.6) is 0 Å². The second kappa shape index (κ2) is 6.66. The lowest BCUT2D eigenvalue weighted by molar-refractivity contribution is -0.142. The summed E-state index contributed by atoms with van der Waals surface area (Å²) in [6.45, 7) is 0. The van der Waals surface area contributed by atoms with E-state index in [1.165, 1.54) is 0 Å². The van der Waals surface area contributed by atoms with Gasteiger partial charge in [0, 0.05) is 6.04 Å². The molecule has 0 aromatic heterocycles. The predicted octanol–water partition coefficient (Wildman–Crippen LogP) is 5.34. The summed E-state index contributed by atoms with van der Waals surface area (Å²) in [5.41, 5.74) is 3.22. The lowest BCUT2D eigenvalue weighted by Gasteiger charge is -2.24. The molecule has 0 heterocycles. The first-order valence-electron chi connectivity index (χ1n) is 6.64. The summed E-state index contributed by atoms with van der Waals surface area (Å²) in [5.74, 6) is -0.199. The molecule has 1 aliphatic rings. The van der Waals surface area contributed by atoms with E-state index in [1.54, 1.807) is 0 Å². The van der Waals surface area contributed by atoms with Gasteiger partial charge in [0.25, 0.3) is 0 Å². The third-order valence-corrected chi connectivity index (χ3v) is 3.95. The van der Waals surface area contributed by atoms with Crippen LogP contribution >= 0.6 is 12.4 Å². The van der Waals surface area contributed by atoms with Crippen molar-refractivity contribution in [1.29, 1.82) is 0 Å². The normalized spacial score (nSPS) is 18.1. The van der Waals surface area contributed by atoms with Crippen molar-refractivity contribution in [3.63, 3.8) is 0 Å². The van der Waals surface area contributed by atoms with Crippen LogP contribution in [0, 0.1) is 5.92 Å². The van der Waals surface area contributed by atoms with Crippen LogP contribution in [0.2, 0.25) is 0 Å². The minimum Gasteiger partial charge on any atom is -0.324 e. The summed E-state index contributed by atoms with van der Waals surface area (Å²) in [7, 11) is 0. The van der Waals surface area contributed by atoms with E-state index >= 15 is 0 Å². The fraction of sp³-hybridized carbons (Fsp3) is 0.571. The van der Waals surface area contributed by atoms with Crippen molar-refractivity contribution >= 4 is 12.4 Å². The Labute approximate surface area is 130 Å². The van der Waals surface area contributed by atoms with Gasteiger partial charge in [-0.15, -0.1) is 12.4 Å². The Morgan fingerprint density at radius 2 is 1.50 bits per heavy atom. The van der Waals surface area contributed by atoms with E-state index in [4.69, 9.17) is 5.73 Å². The van der Waals surface area contributed by atoms with Gasteiger partial charge in [-0.25, -0.2) is 0 Å². The molecular weight excluding hydrogens is 332 g/mol. The van der Waals surface area contributed by atoms with Crippen LogP contribution in [0.25, 0.3) is 0 Å². The largest absolute Gasteiger partial charge is 0.416 e. The Kier molecular flexibility index (Phi) is 5.78. The van der Waals surface area contributed by atoms with Crippen LogP contribution in [0.1, 0.15) is 48.4 Å². The molecule has 1 aliphatic carbocycles. The molecule has 2 N–H and O–H groups in total. The first kappa shape index (κ1) is 19.1. The van der Waals surface area contributed by atoms with Gasteiger partial charge in [0.15, 0.2) is 0 Å². The molecule has 0 radical (unpaired) electrons. The highest BCUT2D eigenvalue weighted by atomic mass is 35.5. The van der Waals surface area contributed by atoms with E-state index in [0.29, 0.717) is 31.0 Å². The molecule has 0 aliphatic heterocycles. The van der Waals surface area contributed by atoms with Crippen molar-refractivity contribution in [3.8, 4) is 0 Å². The maximum Gasteiger partial charge on any atom is 0.416 e. The van der Waals surface area contributed by atoms with Crippen LogP contribution in [0.4, 0.5) is 26.3 Å². The molecule has 0 bridgehead atoms. The fourth-order valence-corrected chi connectivity index (χ4v) is 2.84. The predicted molar refractivity (Wildman–Crippen MR) is 72.6 cm³/mol. The standard InChI is InChI=1S/C14H15F6N.ClH/c15-13(16,17)9-5-6-11(14(18,19)20)10(7-9)12(21)8-3-1-2-4-8;/h5-8,12H,1-4,21H2;1H/t12-;/m1./s1. The summed E-state index contributed by atoms with van der Waals surface area (Å²) in [5, 5.41) is 0. The highest BCUT2D eigenvalue weighted by Gasteiger charge is 2.39. The molecule has 0 spiro atoms. The summed E-state index contributed by atoms with van der Waals surface area (Å²) in [6.07, 6.45) is -6.41. The van der Waals surface area contributed by atoms with Crippen molar-refractivity contribution < 1.29 is 26.3 Å². The minimum absolute atomic E-state index is 0. The molecule has 8 heteroatoms. The van der Waals surface area contributed by atoms with Crippen molar-refractivity contribution in [1.82, 2.24) is 0 Å². The Bertz CT molecular complexity index is 505. The van der Waals surface area contributed by atoms with Gasteiger partial charge < -0.3 is 5.73 Å². The van der Waals surface area contributed by atoms with Gasteiger partial charge in [0.2, 0.25) is 0 Å². The zero-order chi connectivity index (χ0) is 15.8. The number of nitrogens with two attached hydrogens (primary N) is 1. The van der Waals surface area contributed by atoms with Gasteiger partial charge in [-0.2, -0.15) is 26.3 Å². The number of rotatable bonds is 2.